The summed E-state index contributed by atoms with van der Waals surface area (Å²) in [6, 6.07) is 4.13. The van der Waals surface area contributed by atoms with Gasteiger partial charge in [-0.1, -0.05) is 37.3 Å². The van der Waals surface area contributed by atoms with E-state index in [0.717, 1.165) is 25.7 Å². The molecule has 1 fully saturated rings. The molecular formula is C15H18ClNO4. The van der Waals surface area contributed by atoms with Crippen molar-refractivity contribution in [3.05, 3.63) is 28.8 Å². The second-order valence-electron chi connectivity index (χ2n) is 5.42. The summed E-state index contributed by atoms with van der Waals surface area (Å²) in [4.78, 5) is 23.9. The molecule has 5 nitrogen and oxygen atoms in total. The molecule has 1 amide bonds. The quantitative estimate of drug-likeness (QED) is 0.749. The molecule has 0 aromatic heterocycles. The number of carbonyl (C=O) groups excluding carboxylic acids is 1. The zero-order chi connectivity index (χ0) is 15.5. The molecule has 21 heavy (non-hydrogen) atoms. The standard InChI is InChI=1S/C15H18ClNO4/c16-10-5-6-11(12(18)9-10)13(19)17-15(14(20)21)7-3-1-2-4-8-15/h5-6,9,18H,1-4,7-8H2,(H,17,19)(H,20,21). The first kappa shape index (κ1) is 15.6. The van der Waals surface area contributed by atoms with E-state index in [9.17, 15) is 19.8 Å². The van der Waals surface area contributed by atoms with Gasteiger partial charge in [-0.2, -0.15) is 0 Å². The van der Waals surface area contributed by atoms with Gasteiger partial charge in [-0.05, 0) is 31.0 Å². The SMILES string of the molecule is O=C(NC1(C(=O)O)CCCCCC1)c1ccc(Cl)cc1O. The number of benzene rings is 1. The van der Waals surface area contributed by atoms with Gasteiger partial charge < -0.3 is 15.5 Å². The highest BCUT2D eigenvalue weighted by atomic mass is 35.5. The lowest BCUT2D eigenvalue weighted by Crippen LogP contribution is -2.54. The Morgan fingerprint density at radius 1 is 1.14 bits per heavy atom. The summed E-state index contributed by atoms with van der Waals surface area (Å²) in [6.07, 6.45) is 4.28. The van der Waals surface area contributed by atoms with E-state index in [1.807, 2.05) is 0 Å². The van der Waals surface area contributed by atoms with E-state index >= 15 is 0 Å². The number of carboxylic acid groups (broad SMARTS) is 1. The van der Waals surface area contributed by atoms with Gasteiger partial charge in [0.25, 0.3) is 5.91 Å². The van der Waals surface area contributed by atoms with Crippen LogP contribution in [-0.4, -0.2) is 27.6 Å². The van der Waals surface area contributed by atoms with E-state index in [0.29, 0.717) is 17.9 Å². The number of rotatable bonds is 3. The van der Waals surface area contributed by atoms with Crippen LogP contribution in [0.15, 0.2) is 18.2 Å². The number of hydrogen-bond donors (Lipinski definition) is 3. The van der Waals surface area contributed by atoms with Crippen LogP contribution in [0.2, 0.25) is 5.02 Å². The van der Waals surface area contributed by atoms with E-state index in [2.05, 4.69) is 5.32 Å². The van der Waals surface area contributed by atoms with Gasteiger partial charge in [0.2, 0.25) is 0 Å². The predicted molar refractivity (Wildman–Crippen MR) is 78.7 cm³/mol. The number of nitrogens with one attached hydrogen (secondary N) is 1. The van der Waals surface area contributed by atoms with Crippen molar-refractivity contribution in [2.24, 2.45) is 0 Å². The highest BCUT2D eigenvalue weighted by Crippen LogP contribution is 2.29. The molecule has 114 valence electrons. The van der Waals surface area contributed by atoms with Crippen LogP contribution < -0.4 is 5.32 Å². The Morgan fingerprint density at radius 2 is 1.76 bits per heavy atom. The molecule has 0 bridgehead atoms. The van der Waals surface area contributed by atoms with E-state index in [4.69, 9.17) is 11.6 Å². The van der Waals surface area contributed by atoms with E-state index < -0.39 is 17.4 Å². The third-order valence-electron chi connectivity index (χ3n) is 3.92. The van der Waals surface area contributed by atoms with Crippen molar-refractivity contribution >= 4 is 23.5 Å². The largest absolute Gasteiger partial charge is 0.507 e. The van der Waals surface area contributed by atoms with Gasteiger partial charge in [0.15, 0.2) is 0 Å². The van der Waals surface area contributed by atoms with Crippen LogP contribution in [0.1, 0.15) is 48.9 Å². The van der Waals surface area contributed by atoms with Crippen molar-refractivity contribution in [3.8, 4) is 5.75 Å². The Bertz CT molecular complexity index is 551. The Kier molecular flexibility index (Phi) is 4.73. The number of carboxylic acids is 1. The summed E-state index contributed by atoms with van der Waals surface area (Å²) in [6.45, 7) is 0. The summed E-state index contributed by atoms with van der Waals surface area (Å²) in [5.74, 6) is -1.87. The van der Waals surface area contributed by atoms with Gasteiger partial charge in [0, 0.05) is 5.02 Å². The Balaban J connectivity index is 2.24. The first-order valence-electron chi connectivity index (χ1n) is 6.99. The van der Waals surface area contributed by atoms with Crippen LogP contribution in [0.25, 0.3) is 0 Å². The third kappa shape index (κ3) is 3.47. The molecule has 0 radical (unpaired) electrons. The first-order valence-corrected chi connectivity index (χ1v) is 7.37. The molecule has 0 saturated heterocycles. The first-order chi connectivity index (χ1) is 9.94. The summed E-state index contributed by atoms with van der Waals surface area (Å²) < 4.78 is 0. The maximum atomic E-state index is 12.3. The van der Waals surface area contributed by atoms with Crippen LogP contribution >= 0.6 is 11.6 Å². The molecule has 1 aliphatic carbocycles. The normalized spacial score (nSPS) is 17.8. The molecule has 1 aliphatic rings. The zero-order valence-electron chi connectivity index (χ0n) is 11.6. The number of aromatic hydroxyl groups is 1. The minimum Gasteiger partial charge on any atom is -0.507 e. The van der Waals surface area contributed by atoms with E-state index in [1.54, 1.807) is 0 Å². The Hall–Kier alpha value is -1.75. The van der Waals surface area contributed by atoms with Gasteiger partial charge in [-0.3, -0.25) is 4.79 Å². The number of phenolic OH excluding ortho intramolecular Hbond substituents is 1. The van der Waals surface area contributed by atoms with Crippen LogP contribution in [0, 0.1) is 0 Å². The molecule has 0 unspecified atom stereocenters. The fourth-order valence-electron chi connectivity index (χ4n) is 2.71. The smallest absolute Gasteiger partial charge is 0.329 e. The minimum atomic E-state index is -1.25. The van der Waals surface area contributed by atoms with Crippen LogP contribution in [0.3, 0.4) is 0 Å². The van der Waals surface area contributed by atoms with Gasteiger partial charge in [-0.25, -0.2) is 4.79 Å². The summed E-state index contributed by atoms with van der Waals surface area (Å²) in [5, 5.41) is 22.2. The van der Waals surface area contributed by atoms with Gasteiger partial charge in [0.05, 0.1) is 5.56 Å². The van der Waals surface area contributed by atoms with Gasteiger partial charge in [-0.15, -0.1) is 0 Å². The highest BCUT2D eigenvalue weighted by Gasteiger charge is 2.40. The van der Waals surface area contributed by atoms with Crippen molar-refractivity contribution in [2.45, 2.75) is 44.1 Å². The molecule has 3 N–H and O–H groups in total. The molecule has 1 aromatic rings. The van der Waals surface area contributed by atoms with Crippen molar-refractivity contribution in [2.75, 3.05) is 0 Å². The molecule has 2 rings (SSSR count). The topological polar surface area (TPSA) is 86.6 Å². The second kappa shape index (κ2) is 6.35. The molecular weight excluding hydrogens is 294 g/mol. The minimum absolute atomic E-state index is 0.0317. The van der Waals surface area contributed by atoms with Gasteiger partial charge in [0.1, 0.15) is 11.3 Å². The lowest BCUT2D eigenvalue weighted by Gasteiger charge is -2.29. The molecule has 1 saturated carbocycles. The average Bonchev–Trinajstić information content (AvgIpc) is 2.65. The number of carbonyl (C=O) groups is 2. The monoisotopic (exact) mass is 311 g/mol. The predicted octanol–water partition coefficient (Wildman–Crippen LogP) is 2.95. The summed E-state index contributed by atoms with van der Waals surface area (Å²) in [7, 11) is 0. The Morgan fingerprint density at radius 3 is 2.29 bits per heavy atom. The third-order valence-corrected chi connectivity index (χ3v) is 4.16. The molecule has 0 aliphatic heterocycles. The summed E-state index contributed by atoms with van der Waals surface area (Å²) >= 11 is 5.73. The van der Waals surface area contributed by atoms with Crippen LogP contribution in [0.4, 0.5) is 0 Å². The number of hydrogen-bond acceptors (Lipinski definition) is 3. The highest BCUT2D eigenvalue weighted by molar-refractivity contribution is 6.30. The summed E-state index contributed by atoms with van der Waals surface area (Å²) in [5.41, 5.74) is -1.22. The molecule has 0 heterocycles. The fourth-order valence-corrected chi connectivity index (χ4v) is 2.87. The van der Waals surface area contributed by atoms with Crippen LogP contribution in [0.5, 0.6) is 5.75 Å². The average molecular weight is 312 g/mol. The Labute approximate surface area is 127 Å². The van der Waals surface area contributed by atoms with E-state index in [-0.39, 0.29) is 11.3 Å². The molecule has 6 heteroatoms. The molecule has 0 atom stereocenters. The maximum Gasteiger partial charge on any atom is 0.329 e. The second-order valence-corrected chi connectivity index (χ2v) is 5.85. The molecule has 0 spiro atoms. The zero-order valence-corrected chi connectivity index (χ0v) is 12.3. The number of aliphatic carboxylic acids is 1. The number of phenols is 1. The van der Waals surface area contributed by atoms with Crippen molar-refractivity contribution in [1.82, 2.24) is 5.32 Å². The lowest BCUT2D eigenvalue weighted by molar-refractivity contribution is -0.145. The van der Waals surface area contributed by atoms with Crippen molar-refractivity contribution in [1.29, 1.82) is 0 Å². The molecule has 1 aromatic carbocycles. The maximum absolute atomic E-state index is 12.3. The van der Waals surface area contributed by atoms with Gasteiger partial charge >= 0.3 is 5.97 Å². The number of halogens is 1. The van der Waals surface area contributed by atoms with Crippen LogP contribution in [-0.2, 0) is 4.79 Å². The van der Waals surface area contributed by atoms with Crippen molar-refractivity contribution in [3.63, 3.8) is 0 Å². The fraction of sp³-hybridized carbons (Fsp3) is 0.467. The van der Waals surface area contributed by atoms with Crippen molar-refractivity contribution < 1.29 is 19.8 Å². The van der Waals surface area contributed by atoms with E-state index in [1.165, 1.54) is 18.2 Å². The number of amides is 1. The lowest BCUT2D eigenvalue weighted by atomic mass is 9.89.